The molecule has 3 N–H and O–H groups in total. The first-order valence-electron chi connectivity index (χ1n) is 6.21. The molecule has 1 heterocycles. The van der Waals surface area contributed by atoms with Gasteiger partial charge in [-0.3, -0.25) is 4.78 Å². The van der Waals surface area contributed by atoms with E-state index >= 15 is 0 Å². The average molecular weight is 410 g/mol. The van der Waals surface area contributed by atoms with E-state index in [1.54, 1.807) is 32.9 Å². The molecule has 1 saturated heterocycles. The highest BCUT2D eigenvalue weighted by Crippen LogP contribution is 2.41. The summed E-state index contributed by atoms with van der Waals surface area (Å²) in [5.41, 5.74) is 5.72. The smallest absolute Gasteiger partial charge is 0.127 e. The van der Waals surface area contributed by atoms with Gasteiger partial charge in [-0.15, -0.1) is 0 Å². The van der Waals surface area contributed by atoms with Gasteiger partial charge in [-0.25, -0.2) is 4.39 Å². The molecule has 0 aromatic heterocycles. The summed E-state index contributed by atoms with van der Waals surface area (Å²) in [4.78, 5) is 0. The molecule has 1 aromatic carbocycles. The predicted molar refractivity (Wildman–Crippen MR) is 88.7 cm³/mol. The van der Waals surface area contributed by atoms with E-state index in [-0.39, 0.29) is 12.4 Å². The van der Waals surface area contributed by atoms with Crippen LogP contribution in [0.2, 0.25) is 0 Å². The lowest BCUT2D eigenvalue weighted by Gasteiger charge is -2.58. The standard InChI is InChI=1S/C13H18FIN3OS/c1-12(2)11(16)20(17)13(3,7-18(12)19)9-6-8(15)4-5-10(9)14/h4-6,11,17H,7,16H2,1-3H3/q-1/t11?,13-,20?/m0/s1. The number of benzene rings is 1. The zero-order chi connectivity index (χ0) is 15.3. The maximum Gasteiger partial charge on any atom is 0.127 e. The molecule has 112 valence electrons. The van der Waals surface area contributed by atoms with Crippen LogP contribution in [0.15, 0.2) is 18.2 Å². The van der Waals surface area contributed by atoms with Gasteiger partial charge in [0.05, 0.1) is 10.1 Å². The van der Waals surface area contributed by atoms with Crippen molar-refractivity contribution in [1.29, 1.82) is 4.78 Å². The Labute approximate surface area is 134 Å². The molecule has 0 radical (unpaired) electrons. The summed E-state index contributed by atoms with van der Waals surface area (Å²) in [5.74, 6) is -0.377. The van der Waals surface area contributed by atoms with E-state index in [1.807, 2.05) is 0 Å². The molecule has 7 heteroatoms. The van der Waals surface area contributed by atoms with Crippen LogP contribution in [0.4, 0.5) is 4.39 Å². The largest absolute Gasteiger partial charge is 0.785 e. The molecule has 0 spiro atoms. The first-order valence-corrected chi connectivity index (χ1v) is 8.57. The number of halogens is 2. The minimum absolute atomic E-state index is 0.0807. The van der Waals surface area contributed by atoms with Gasteiger partial charge >= 0.3 is 0 Å². The highest BCUT2D eigenvalue weighted by atomic mass is 127. The summed E-state index contributed by atoms with van der Waals surface area (Å²) in [6.07, 6.45) is 0. The van der Waals surface area contributed by atoms with Gasteiger partial charge in [-0.05, 0) is 61.6 Å². The molecule has 3 atom stereocenters. The fourth-order valence-corrected chi connectivity index (χ4v) is 4.76. The first-order chi connectivity index (χ1) is 9.10. The van der Waals surface area contributed by atoms with Crippen molar-refractivity contribution in [1.82, 2.24) is 5.06 Å². The van der Waals surface area contributed by atoms with Crippen molar-refractivity contribution >= 4 is 33.3 Å². The molecule has 1 fully saturated rings. The van der Waals surface area contributed by atoms with Crippen molar-refractivity contribution in [3.63, 3.8) is 0 Å². The van der Waals surface area contributed by atoms with Gasteiger partial charge in [0.1, 0.15) is 5.82 Å². The van der Waals surface area contributed by atoms with E-state index in [2.05, 4.69) is 22.6 Å². The molecule has 0 aliphatic carbocycles. The van der Waals surface area contributed by atoms with Gasteiger partial charge in [0.2, 0.25) is 0 Å². The van der Waals surface area contributed by atoms with Crippen molar-refractivity contribution < 1.29 is 4.39 Å². The van der Waals surface area contributed by atoms with Crippen LogP contribution < -0.4 is 5.73 Å². The Kier molecular flexibility index (Phi) is 4.29. The maximum atomic E-state index is 14.2. The number of nitrogens with one attached hydrogen (secondary N) is 1. The van der Waals surface area contributed by atoms with Crippen LogP contribution in [0, 0.1) is 19.4 Å². The Morgan fingerprint density at radius 3 is 2.70 bits per heavy atom. The molecule has 2 rings (SSSR count). The number of hydroxylamine groups is 2. The minimum atomic E-state index is -1.06. The fraction of sp³-hybridized carbons (Fsp3) is 0.538. The number of hydrogen-bond acceptors (Lipinski definition) is 4. The second-order valence-corrected chi connectivity index (χ2v) is 9.13. The van der Waals surface area contributed by atoms with Crippen LogP contribution in [0.3, 0.4) is 0 Å². The SMILES string of the molecule is CC1(C)C(N)S(=N)[C@](C)(c2cc(I)ccc2F)CN1[O-]. The number of rotatable bonds is 1. The lowest BCUT2D eigenvalue weighted by atomic mass is 9.95. The highest BCUT2D eigenvalue weighted by Gasteiger charge is 2.47. The monoisotopic (exact) mass is 410 g/mol. The van der Waals surface area contributed by atoms with E-state index in [1.165, 1.54) is 6.07 Å². The molecule has 0 bridgehead atoms. The van der Waals surface area contributed by atoms with E-state index in [0.717, 1.165) is 8.63 Å². The summed E-state index contributed by atoms with van der Waals surface area (Å²) < 4.78 is 22.6. The van der Waals surface area contributed by atoms with Crippen LogP contribution in [0.5, 0.6) is 0 Å². The maximum absolute atomic E-state index is 14.2. The zero-order valence-corrected chi connectivity index (χ0v) is 14.6. The van der Waals surface area contributed by atoms with E-state index in [9.17, 15) is 9.60 Å². The summed E-state index contributed by atoms with van der Waals surface area (Å²) in [7, 11) is -1.06. The Bertz CT molecular complexity index is 569. The molecule has 2 unspecified atom stereocenters. The molecule has 0 amide bonds. The third-order valence-electron chi connectivity index (χ3n) is 4.02. The molecule has 1 aromatic rings. The molecule has 0 saturated carbocycles. The third kappa shape index (κ3) is 2.43. The van der Waals surface area contributed by atoms with E-state index < -0.39 is 26.4 Å². The Morgan fingerprint density at radius 1 is 1.50 bits per heavy atom. The molecule has 4 nitrogen and oxygen atoms in total. The molecule has 1 aliphatic heterocycles. The number of hydrogen-bond donors (Lipinski definition) is 2. The second kappa shape index (κ2) is 5.28. The summed E-state index contributed by atoms with van der Waals surface area (Å²) in [6.45, 7) is 5.32. The average Bonchev–Trinajstić information content (AvgIpc) is 2.37. The van der Waals surface area contributed by atoms with Crippen molar-refractivity contribution in [3.8, 4) is 0 Å². The molecular weight excluding hydrogens is 392 g/mol. The van der Waals surface area contributed by atoms with Gasteiger partial charge in [0.15, 0.2) is 0 Å². The Morgan fingerprint density at radius 2 is 2.10 bits per heavy atom. The van der Waals surface area contributed by atoms with Gasteiger partial charge in [0, 0.05) is 21.2 Å². The van der Waals surface area contributed by atoms with Crippen LogP contribution in [-0.2, 0) is 15.4 Å². The van der Waals surface area contributed by atoms with Crippen molar-refractivity contribution in [2.45, 2.75) is 36.4 Å². The predicted octanol–water partition coefficient (Wildman–Crippen LogP) is 2.90. The second-order valence-electron chi connectivity index (χ2n) is 5.80. The van der Waals surface area contributed by atoms with Gasteiger partial charge in [-0.1, -0.05) is 10.7 Å². The van der Waals surface area contributed by atoms with Crippen LogP contribution in [0.1, 0.15) is 26.3 Å². The molecular formula is C13H18FIN3OS-. The lowest BCUT2D eigenvalue weighted by Crippen LogP contribution is -2.66. The normalized spacial score (nSPS) is 34.1. The Hall–Kier alpha value is -0.0900. The van der Waals surface area contributed by atoms with Crippen LogP contribution >= 0.6 is 22.6 Å². The quantitative estimate of drug-likeness (QED) is 0.700. The van der Waals surface area contributed by atoms with E-state index in [4.69, 9.17) is 10.5 Å². The third-order valence-corrected chi connectivity index (χ3v) is 7.10. The summed E-state index contributed by atoms with van der Waals surface area (Å²) in [6, 6.07) is 4.77. The van der Waals surface area contributed by atoms with Crippen LogP contribution in [-0.4, -0.2) is 22.5 Å². The number of nitrogens with zero attached hydrogens (tertiary/aromatic N) is 1. The molecule has 20 heavy (non-hydrogen) atoms. The fourth-order valence-electron chi connectivity index (χ4n) is 2.36. The van der Waals surface area contributed by atoms with E-state index in [0.29, 0.717) is 5.56 Å². The summed E-state index contributed by atoms with van der Waals surface area (Å²) in [5, 5.41) is 12.6. The zero-order valence-electron chi connectivity index (χ0n) is 11.6. The van der Waals surface area contributed by atoms with Gasteiger partial charge in [0.25, 0.3) is 0 Å². The minimum Gasteiger partial charge on any atom is -0.785 e. The van der Waals surface area contributed by atoms with Gasteiger partial charge in [-0.2, -0.15) is 0 Å². The van der Waals surface area contributed by atoms with Crippen molar-refractivity contribution in [2.24, 2.45) is 5.73 Å². The number of nitrogens with two attached hydrogens (primary N) is 1. The van der Waals surface area contributed by atoms with Gasteiger partial charge < -0.3 is 16.0 Å². The Balaban J connectivity index is 2.55. The first kappa shape index (κ1) is 16.3. The van der Waals surface area contributed by atoms with Crippen LogP contribution in [0.25, 0.3) is 0 Å². The van der Waals surface area contributed by atoms with Crippen molar-refractivity contribution in [2.75, 3.05) is 6.54 Å². The summed E-state index contributed by atoms with van der Waals surface area (Å²) >= 11 is 2.10. The topological polar surface area (TPSA) is 76.2 Å². The highest BCUT2D eigenvalue weighted by molar-refractivity contribution is 14.1. The van der Waals surface area contributed by atoms with Crippen molar-refractivity contribution in [3.05, 3.63) is 38.4 Å². The molecule has 1 aliphatic rings. The lowest BCUT2D eigenvalue weighted by molar-refractivity contribution is 0.150.